The van der Waals surface area contributed by atoms with E-state index in [1.165, 1.54) is 54.6 Å². The van der Waals surface area contributed by atoms with Gasteiger partial charge < -0.3 is 9.15 Å². The first kappa shape index (κ1) is 22.0. The maximum absolute atomic E-state index is 13.4. The number of furan rings is 1. The van der Waals surface area contributed by atoms with Crippen molar-refractivity contribution in [1.29, 1.82) is 0 Å². The fraction of sp³-hybridized carbons (Fsp3) is 0.182. The summed E-state index contributed by atoms with van der Waals surface area (Å²) in [5.41, 5.74) is 1.06. The molecule has 2 heterocycles. The number of hydrogen-bond donors (Lipinski definition) is 0. The van der Waals surface area contributed by atoms with Crippen LogP contribution in [0.25, 0.3) is 10.2 Å². The molecule has 0 unspecified atom stereocenters. The summed E-state index contributed by atoms with van der Waals surface area (Å²) in [4.78, 5) is 19.7. The van der Waals surface area contributed by atoms with E-state index in [0.29, 0.717) is 27.7 Å². The molecule has 0 aliphatic rings. The average molecular weight is 472 g/mol. The van der Waals surface area contributed by atoms with Crippen LogP contribution in [0.15, 0.2) is 70.2 Å². The number of aromatic nitrogens is 1. The smallest absolute Gasteiger partial charge is 0.260 e. The Labute approximate surface area is 189 Å². The summed E-state index contributed by atoms with van der Waals surface area (Å²) in [5.74, 6) is 0.958. The van der Waals surface area contributed by atoms with Gasteiger partial charge in [0, 0.05) is 25.7 Å². The fourth-order valence-corrected chi connectivity index (χ4v) is 4.90. The Bertz CT molecular complexity index is 1340. The van der Waals surface area contributed by atoms with Gasteiger partial charge in [0.15, 0.2) is 5.13 Å². The number of nitrogens with zero attached hydrogens (tertiary/aromatic N) is 3. The van der Waals surface area contributed by atoms with Crippen LogP contribution in [-0.2, 0) is 16.6 Å². The van der Waals surface area contributed by atoms with E-state index in [-0.39, 0.29) is 17.3 Å². The van der Waals surface area contributed by atoms with Crippen LogP contribution >= 0.6 is 11.3 Å². The molecule has 0 spiro atoms. The number of carbonyl (C=O) groups excluding carboxylic acids is 1. The van der Waals surface area contributed by atoms with Crippen LogP contribution in [0.4, 0.5) is 5.13 Å². The number of amides is 1. The molecule has 0 saturated carbocycles. The highest BCUT2D eigenvalue weighted by Crippen LogP contribution is 2.33. The molecule has 2 aromatic heterocycles. The lowest BCUT2D eigenvalue weighted by Crippen LogP contribution is -2.30. The molecule has 0 N–H and O–H groups in total. The molecule has 4 aromatic rings. The van der Waals surface area contributed by atoms with Crippen molar-refractivity contribution >= 4 is 42.6 Å². The van der Waals surface area contributed by atoms with Crippen molar-refractivity contribution in [3.8, 4) is 5.75 Å². The molecule has 2 aromatic carbocycles. The minimum atomic E-state index is -3.59. The summed E-state index contributed by atoms with van der Waals surface area (Å²) in [6.45, 7) is 0.181. The van der Waals surface area contributed by atoms with E-state index in [1.54, 1.807) is 25.5 Å². The molecule has 8 nitrogen and oxygen atoms in total. The molecular formula is C22H21N3O5S2. The molecule has 1 amide bonds. The van der Waals surface area contributed by atoms with Gasteiger partial charge in [-0.25, -0.2) is 17.7 Å². The van der Waals surface area contributed by atoms with Crippen molar-refractivity contribution in [2.45, 2.75) is 11.4 Å². The van der Waals surface area contributed by atoms with Crippen LogP contribution in [0.1, 0.15) is 16.1 Å². The molecular weight excluding hydrogens is 450 g/mol. The van der Waals surface area contributed by atoms with Gasteiger partial charge in [-0.1, -0.05) is 11.3 Å². The zero-order valence-corrected chi connectivity index (χ0v) is 19.3. The lowest BCUT2D eigenvalue weighted by molar-refractivity contribution is 0.0983. The predicted molar refractivity (Wildman–Crippen MR) is 123 cm³/mol. The second-order valence-corrected chi connectivity index (χ2v) is 10.3. The first-order valence-electron chi connectivity index (χ1n) is 9.61. The van der Waals surface area contributed by atoms with Crippen LogP contribution in [0.2, 0.25) is 0 Å². The number of sulfonamides is 1. The van der Waals surface area contributed by atoms with Crippen molar-refractivity contribution in [3.63, 3.8) is 0 Å². The standard InChI is InChI=1S/C22H21N3O5S2/c1-24(2)32(27,28)18-9-6-15(7-10-18)21(26)25(14-17-5-4-12-30-17)22-23-19-13-16(29-3)8-11-20(19)31-22/h4-13H,14H2,1-3H3. The topological polar surface area (TPSA) is 92.9 Å². The summed E-state index contributed by atoms with van der Waals surface area (Å²) in [6.07, 6.45) is 1.54. The molecule has 0 fully saturated rings. The van der Waals surface area contributed by atoms with Crippen molar-refractivity contribution in [2.75, 3.05) is 26.1 Å². The Morgan fingerprint density at radius 1 is 1.12 bits per heavy atom. The minimum absolute atomic E-state index is 0.115. The SMILES string of the molecule is COc1ccc2sc(N(Cc3ccco3)C(=O)c3ccc(S(=O)(=O)N(C)C)cc3)nc2c1. The van der Waals surface area contributed by atoms with Gasteiger partial charge in [0.25, 0.3) is 5.91 Å². The maximum atomic E-state index is 13.4. The van der Waals surface area contributed by atoms with Crippen LogP contribution in [0.3, 0.4) is 0 Å². The Kier molecular flexibility index (Phi) is 6.00. The van der Waals surface area contributed by atoms with E-state index in [2.05, 4.69) is 4.98 Å². The van der Waals surface area contributed by atoms with Gasteiger partial charge in [-0.2, -0.15) is 0 Å². The number of rotatable bonds is 7. The van der Waals surface area contributed by atoms with Crippen LogP contribution in [0.5, 0.6) is 5.75 Å². The molecule has 166 valence electrons. The van der Waals surface area contributed by atoms with Crippen molar-refractivity contribution in [2.24, 2.45) is 0 Å². The number of ether oxygens (including phenoxy) is 1. The van der Waals surface area contributed by atoms with Gasteiger partial charge in [-0.15, -0.1) is 0 Å². The summed E-state index contributed by atoms with van der Waals surface area (Å²) in [6, 6.07) is 14.9. The number of fused-ring (bicyclic) bond motifs is 1. The summed E-state index contributed by atoms with van der Waals surface area (Å²) in [5, 5.41) is 0.500. The number of benzene rings is 2. The lowest BCUT2D eigenvalue weighted by Gasteiger charge is -2.19. The monoisotopic (exact) mass is 471 g/mol. The first-order chi connectivity index (χ1) is 15.3. The van der Waals surface area contributed by atoms with E-state index in [9.17, 15) is 13.2 Å². The second-order valence-electron chi connectivity index (χ2n) is 7.11. The number of carbonyl (C=O) groups is 1. The van der Waals surface area contributed by atoms with E-state index >= 15 is 0 Å². The highest BCUT2D eigenvalue weighted by Gasteiger charge is 2.24. The number of anilines is 1. The largest absolute Gasteiger partial charge is 0.497 e. The van der Waals surface area contributed by atoms with E-state index < -0.39 is 10.0 Å². The number of hydrogen-bond acceptors (Lipinski definition) is 7. The highest BCUT2D eigenvalue weighted by atomic mass is 32.2. The summed E-state index contributed by atoms with van der Waals surface area (Å²) < 4.78 is 37.4. The molecule has 0 aliphatic carbocycles. The van der Waals surface area contributed by atoms with Crippen LogP contribution < -0.4 is 9.64 Å². The molecule has 0 aliphatic heterocycles. The summed E-state index contributed by atoms with van der Waals surface area (Å²) >= 11 is 1.37. The lowest BCUT2D eigenvalue weighted by atomic mass is 10.2. The molecule has 32 heavy (non-hydrogen) atoms. The zero-order valence-electron chi connectivity index (χ0n) is 17.7. The third kappa shape index (κ3) is 4.24. The minimum Gasteiger partial charge on any atom is -0.497 e. The predicted octanol–water partition coefficient (Wildman–Crippen LogP) is 4.00. The Morgan fingerprint density at radius 3 is 2.50 bits per heavy atom. The van der Waals surface area contributed by atoms with Gasteiger partial charge in [0.2, 0.25) is 10.0 Å². The van der Waals surface area contributed by atoms with Gasteiger partial charge in [0.1, 0.15) is 11.5 Å². The van der Waals surface area contributed by atoms with Crippen molar-refractivity contribution in [3.05, 3.63) is 72.2 Å². The third-order valence-electron chi connectivity index (χ3n) is 4.83. The molecule has 0 bridgehead atoms. The third-order valence-corrected chi connectivity index (χ3v) is 7.72. The zero-order chi connectivity index (χ0) is 22.9. The fourth-order valence-electron chi connectivity index (χ4n) is 3.06. The van der Waals surface area contributed by atoms with Gasteiger partial charge in [0.05, 0.1) is 35.0 Å². The Balaban J connectivity index is 1.71. The second kappa shape index (κ2) is 8.73. The van der Waals surface area contributed by atoms with Crippen LogP contribution in [-0.4, -0.2) is 44.8 Å². The first-order valence-corrected chi connectivity index (χ1v) is 11.9. The molecule has 10 heteroatoms. The molecule has 0 saturated heterocycles. The normalized spacial score (nSPS) is 11.8. The summed E-state index contributed by atoms with van der Waals surface area (Å²) in [7, 11) is 0.919. The van der Waals surface area contributed by atoms with Gasteiger partial charge >= 0.3 is 0 Å². The maximum Gasteiger partial charge on any atom is 0.260 e. The Morgan fingerprint density at radius 2 is 1.88 bits per heavy atom. The molecule has 4 rings (SSSR count). The Hall–Kier alpha value is -3.21. The average Bonchev–Trinajstić information content (AvgIpc) is 3.45. The number of thiazole rings is 1. The molecule has 0 atom stereocenters. The quantitative estimate of drug-likeness (QED) is 0.405. The molecule has 0 radical (unpaired) electrons. The van der Waals surface area contributed by atoms with Crippen LogP contribution in [0, 0.1) is 0 Å². The van der Waals surface area contributed by atoms with E-state index in [4.69, 9.17) is 9.15 Å². The van der Waals surface area contributed by atoms with E-state index in [0.717, 1.165) is 9.01 Å². The highest BCUT2D eigenvalue weighted by molar-refractivity contribution is 7.89. The van der Waals surface area contributed by atoms with Crippen molar-refractivity contribution in [1.82, 2.24) is 9.29 Å². The van der Waals surface area contributed by atoms with E-state index in [1.807, 2.05) is 18.2 Å². The van der Waals surface area contributed by atoms with Gasteiger partial charge in [-0.3, -0.25) is 9.69 Å². The van der Waals surface area contributed by atoms with Crippen molar-refractivity contribution < 1.29 is 22.4 Å². The number of methoxy groups -OCH3 is 1. The van der Waals surface area contributed by atoms with Gasteiger partial charge in [-0.05, 0) is 48.5 Å².